The molecule has 1 aliphatic rings. The minimum Gasteiger partial charge on any atom is -0.298 e. The molecule has 0 saturated carbocycles. The van der Waals surface area contributed by atoms with Crippen molar-refractivity contribution in [2.24, 2.45) is 5.92 Å². The molecule has 0 N–H and O–H groups in total. The van der Waals surface area contributed by atoms with Crippen molar-refractivity contribution in [3.63, 3.8) is 0 Å². The summed E-state index contributed by atoms with van der Waals surface area (Å²) in [5, 5.41) is 0. The van der Waals surface area contributed by atoms with Crippen LogP contribution in [0.1, 0.15) is 38.8 Å². The highest BCUT2D eigenvalue weighted by molar-refractivity contribution is 5.23. The SMILES string of the molecule is CC.CCc1cccc(CN2CC(C)C2)c1. The third-order valence-corrected chi connectivity index (χ3v) is 2.95. The molecule has 0 radical (unpaired) electrons. The minimum absolute atomic E-state index is 0.907. The average molecular weight is 219 g/mol. The third-order valence-electron chi connectivity index (χ3n) is 2.95. The summed E-state index contributed by atoms with van der Waals surface area (Å²) in [4.78, 5) is 2.51. The van der Waals surface area contributed by atoms with Crippen LogP contribution < -0.4 is 0 Å². The van der Waals surface area contributed by atoms with Crippen molar-refractivity contribution in [2.45, 2.75) is 40.7 Å². The molecule has 1 nitrogen and oxygen atoms in total. The quantitative estimate of drug-likeness (QED) is 0.749. The summed E-state index contributed by atoms with van der Waals surface area (Å²) in [6.07, 6.45) is 1.14. The molecule has 0 aromatic heterocycles. The standard InChI is InChI=1S/C13H19N.C2H6/c1-3-12-5-4-6-13(7-12)10-14-8-11(2)9-14;1-2/h4-7,11H,3,8-10H2,1-2H3;1-2H3. The first-order chi connectivity index (χ1) is 7.78. The van der Waals surface area contributed by atoms with Gasteiger partial charge in [0.05, 0.1) is 0 Å². The molecule has 0 aliphatic carbocycles. The molecule has 1 heterocycles. The van der Waals surface area contributed by atoms with Crippen LogP contribution in [0.15, 0.2) is 24.3 Å². The molecule has 1 saturated heterocycles. The smallest absolute Gasteiger partial charge is 0.0234 e. The van der Waals surface area contributed by atoms with Gasteiger partial charge in [-0.2, -0.15) is 0 Å². The molecule has 1 aliphatic heterocycles. The summed E-state index contributed by atoms with van der Waals surface area (Å²) in [5.41, 5.74) is 2.92. The lowest BCUT2D eigenvalue weighted by Gasteiger charge is -2.37. The van der Waals surface area contributed by atoms with Gasteiger partial charge >= 0.3 is 0 Å². The second kappa shape index (κ2) is 6.70. The Kier molecular flexibility index (Phi) is 5.54. The van der Waals surface area contributed by atoms with Crippen LogP contribution in [0, 0.1) is 5.92 Å². The fourth-order valence-corrected chi connectivity index (χ4v) is 2.16. The van der Waals surface area contributed by atoms with Gasteiger partial charge in [-0.25, -0.2) is 0 Å². The summed E-state index contributed by atoms with van der Waals surface area (Å²) in [6, 6.07) is 8.96. The van der Waals surface area contributed by atoms with Crippen LogP contribution in [0.25, 0.3) is 0 Å². The van der Waals surface area contributed by atoms with Crippen LogP contribution in [0.2, 0.25) is 0 Å². The normalized spacial score (nSPS) is 16.2. The van der Waals surface area contributed by atoms with E-state index in [9.17, 15) is 0 Å². The molecule has 0 atom stereocenters. The Morgan fingerprint density at radius 2 is 1.81 bits per heavy atom. The van der Waals surface area contributed by atoms with Gasteiger partial charge in [0.2, 0.25) is 0 Å². The first-order valence-corrected chi connectivity index (χ1v) is 6.58. The first kappa shape index (κ1) is 13.2. The van der Waals surface area contributed by atoms with Gasteiger partial charge in [-0.3, -0.25) is 4.90 Å². The van der Waals surface area contributed by atoms with E-state index in [1.165, 1.54) is 24.2 Å². The van der Waals surface area contributed by atoms with E-state index in [0.29, 0.717) is 0 Å². The highest BCUT2D eigenvalue weighted by atomic mass is 15.2. The van der Waals surface area contributed by atoms with Crippen molar-refractivity contribution in [2.75, 3.05) is 13.1 Å². The minimum atomic E-state index is 0.907. The van der Waals surface area contributed by atoms with E-state index in [0.717, 1.165) is 18.9 Å². The van der Waals surface area contributed by atoms with E-state index < -0.39 is 0 Å². The number of benzene rings is 1. The summed E-state index contributed by atoms with van der Waals surface area (Å²) >= 11 is 0. The molecule has 1 aromatic rings. The molecule has 1 aromatic carbocycles. The van der Waals surface area contributed by atoms with Gasteiger partial charge in [0.15, 0.2) is 0 Å². The number of rotatable bonds is 3. The van der Waals surface area contributed by atoms with Gasteiger partial charge in [0.1, 0.15) is 0 Å². The van der Waals surface area contributed by atoms with Gasteiger partial charge in [-0.15, -0.1) is 0 Å². The Labute approximate surface area is 100 Å². The van der Waals surface area contributed by atoms with E-state index in [1.807, 2.05) is 13.8 Å². The van der Waals surface area contributed by atoms with Gasteiger partial charge in [-0.1, -0.05) is 52.0 Å². The number of hydrogen-bond donors (Lipinski definition) is 0. The monoisotopic (exact) mass is 219 g/mol. The lowest BCUT2D eigenvalue weighted by molar-refractivity contribution is 0.105. The molecule has 0 spiro atoms. The molecule has 0 bridgehead atoms. The number of nitrogens with zero attached hydrogens (tertiary/aromatic N) is 1. The van der Waals surface area contributed by atoms with E-state index in [-0.39, 0.29) is 0 Å². The average Bonchev–Trinajstić information content (AvgIpc) is 2.30. The Morgan fingerprint density at radius 3 is 2.38 bits per heavy atom. The fraction of sp³-hybridized carbons (Fsp3) is 0.600. The third kappa shape index (κ3) is 3.64. The van der Waals surface area contributed by atoms with Crippen molar-refractivity contribution in [1.82, 2.24) is 4.90 Å². The Balaban J connectivity index is 0.000000606. The van der Waals surface area contributed by atoms with Crippen molar-refractivity contribution >= 4 is 0 Å². The van der Waals surface area contributed by atoms with Crippen LogP contribution in [0.3, 0.4) is 0 Å². The maximum Gasteiger partial charge on any atom is 0.0234 e. The second-order valence-corrected chi connectivity index (χ2v) is 4.47. The molecule has 0 unspecified atom stereocenters. The molecular weight excluding hydrogens is 194 g/mol. The van der Waals surface area contributed by atoms with E-state index in [4.69, 9.17) is 0 Å². The summed E-state index contributed by atoms with van der Waals surface area (Å²) in [7, 11) is 0. The molecule has 16 heavy (non-hydrogen) atoms. The molecule has 1 fully saturated rings. The number of hydrogen-bond acceptors (Lipinski definition) is 1. The van der Waals surface area contributed by atoms with E-state index in [2.05, 4.69) is 43.0 Å². The predicted molar refractivity (Wildman–Crippen MR) is 71.6 cm³/mol. The van der Waals surface area contributed by atoms with Crippen LogP contribution in [0.5, 0.6) is 0 Å². The zero-order valence-electron chi connectivity index (χ0n) is 11.2. The molecular formula is C15H25N. The lowest BCUT2D eigenvalue weighted by Crippen LogP contribution is -2.44. The van der Waals surface area contributed by atoms with Gasteiger partial charge < -0.3 is 0 Å². The van der Waals surface area contributed by atoms with Crippen LogP contribution in [-0.4, -0.2) is 18.0 Å². The Hall–Kier alpha value is -0.820. The summed E-state index contributed by atoms with van der Waals surface area (Å²) in [6.45, 7) is 12.2. The Morgan fingerprint density at radius 1 is 1.19 bits per heavy atom. The van der Waals surface area contributed by atoms with Crippen LogP contribution in [0.4, 0.5) is 0 Å². The van der Waals surface area contributed by atoms with Gasteiger partial charge in [0.25, 0.3) is 0 Å². The van der Waals surface area contributed by atoms with Crippen molar-refractivity contribution in [3.8, 4) is 0 Å². The maximum atomic E-state index is 2.51. The van der Waals surface area contributed by atoms with Gasteiger partial charge in [0, 0.05) is 19.6 Å². The number of aryl methyl sites for hydroxylation is 1. The van der Waals surface area contributed by atoms with Crippen molar-refractivity contribution < 1.29 is 0 Å². The molecule has 2 rings (SSSR count). The fourth-order valence-electron chi connectivity index (χ4n) is 2.16. The van der Waals surface area contributed by atoms with Crippen molar-refractivity contribution in [1.29, 1.82) is 0 Å². The largest absolute Gasteiger partial charge is 0.298 e. The molecule has 1 heteroatoms. The molecule has 0 amide bonds. The Bertz CT molecular complexity index is 300. The summed E-state index contributed by atoms with van der Waals surface area (Å²) < 4.78 is 0. The van der Waals surface area contributed by atoms with Crippen LogP contribution >= 0.6 is 0 Å². The zero-order valence-corrected chi connectivity index (χ0v) is 11.2. The topological polar surface area (TPSA) is 3.24 Å². The maximum absolute atomic E-state index is 2.51. The zero-order chi connectivity index (χ0) is 12.0. The predicted octanol–water partition coefficient (Wildman–Crippen LogP) is 3.73. The van der Waals surface area contributed by atoms with Crippen LogP contribution in [-0.2, 0) is 13.0 Å². The van der Waals surface area contributed by atoms with E-state index >= 15 is 0 Å². The van der Waals surface area contributed by atoms with E-state index in [1.54, 1.807) is 0 Å². The van der Waals surface area contributed by atoms with Gasteiger partial charge in [-0.05, 0) is 23.5 Å². The highest BCUT2D eigenvalue weighted by Crippen LogP contribution is 2.18. The lowest BCUT2D eigenvalue weighted by atomic mass is 10.0. The molecule has 90 valence electrons. The number of likely N-dealkylation sites (tertiary alicyclic amines) is 1. The second-order valence-electron chi connectivity index (χ2n) is 4.47. The first-order valence-electron chi connectivity index (χ1n) is 6.58. The highest BCUT2D eigenvalue weighted by Gasteiger charge is 2.21. The summed E-state index contributed by atoms with van der Waals surface area (Å²) in [5.74, 6) is 0.907. The van der Waals surface area contributed by atoms with Crippen molar-refractivity contribution in [3.05, 3.63) is 35.4 Å².